The van der Waals surface area contributed by atoms with E-state index in [1.807, 2.05) is 24.3 Å². The highest BCUT2D eigenvalue weighted by molar-refractivity contribution is 6.28. The smallest absolute Gasteiger partial charge is 0.239 e. The van der Waals surface area contributed by atoms with Crippen molar-refractivity contribution in [3.63, 3.8) is 0 Å². The van der Waals surface area contributed by atoms with Gasteiger partial charge in [-0.1, -0.05) is 18.2 Å². The number of fused-ring (bicyclic) bond motifs is 1. The van der Waals surface area contributed by atoms with E-state index in [4.69, 9.17) is 16.3 Å². The fourth-order valence-electron chi connectivity index (χ4n) is 2.20. The Hall–Kier alpha value is -2.87. The second-order valence-corrected chi connectivity index (χ2v) is 5.22. The monoisotopic (exact) mass is 346 g/mol. The van der Waals surface area contributed by atoms with Crippen molar-refractivity contribution in [3.05, 3.63) is 41.4 Å². The number of H-pyrrole nitrogens is 1. The summed E-state index contributed by atoms with van der Waals surface area (Å²) in [6.45, 7) is 0.408. The van der Waals surface area contributed by atoms with Crippen molar-refractivity contribution >= 4 is 34.5 Å². The molecule has 0 aliphatic carbocycles. The van der Waals surface area contributed by atoms with Gasteiger partial charge < -0.3 is 20.4 Å². The Kier molecular flexibility index (Phi) is 4.76. The zero-order valence-corrected chi connectivity index (χ0v) is 13.6. The number of nitrogens with one attached hydrogen (secondary N) is 3. The molecule has 3 N–H and O–H groups in total. The predicted octanol–water partition coefficient (Wildman–Crippen LogP) is 1.74. The number of aromatic nitrogens is 4. The first-order valence-electron chi connectivity index (χ1n) is 7.16. The second-order valence-electron chi connectivity index (χ2n) is 4.88. The molecular formula is C15H15ClN6O2. The van der Waals surface area contributed by atoms with Crippen LogP contribution in [0.4, 0.5) is 5.82 Å². The third-order valence-electron chi connectivity index (χ3n) is 3.34. The van der Waals surface area contributed by atoms with Gasteiger partial charge in [-0.3, -0.25) is 4.79 Å². The average molecular weight is 347 g/mol. The summed E-state index contributed by atoms with van der Waals surface area (Å²) in [5.41, 5.74) is 1.93. The van der Waals surface area contributed by atoms with Crippen molar-refractivity contribution in [1.29, 1.82) is 0 Å². The number of hydrogen-bond acceptors (Lipinski definition) is 6. The number of hydrogen-bond donors (Lipinski definition) is 3. The standard InChI is InChI=1S/C15H15ClN6O2/c1-24-10-5-3-2-4-9(10)6-17-11(23)7-18-13-12-14(20-8-19-12)22-15(16)21-13/h2-5,8H,6-7H2,1H3,(H,17,23)(H2,18,19,20,21,22). The van der Waals surface area contributed by atoms with Crippen molar-refractivity contribution in [3.8, 4) is 5.75 Å². The van der Waals surface area contributed by atoms with Crippen LogP contribution in [0.2, 0.25) is 5.28 Å². The maximum Gasteiger partial charge on any atom is 0.239 e. The maximum absolute atomic E-state index is 12.0. The first-order valence-corrected chi connectivity index (χ1v) is 7.54. The van der Waals surface area contributed by atoms with E-state index in [9.17, 15) is 4.79 Å². The molecule has 0 spiro atoms. The van der Waals surface area contributed by atoms with Crippen LogP contribution in [0.5, 0.6) is 5.75 Å². The van der Waals surface area contributed by atoms with Crippen molar-refractivity contribution in [2.24, 2.45) is 0 Å². The Morgan fingerprint density at radius 3 is 3.00 bits per heavy atom. The summed E-state index contributed by atoms with van der Waals surface area (Å²) in [5.74, 6) is 0.964. The Labute approximate surface area is 142 Å². The molecule has 0 atom stereocenters. The quantitative estimate of drug-likeness (QED) is 0.587. The number of imidazole rings is 1. The third-order valence-corrected chi connectivity index (χ3v) is 3.51. The molecule has 0 fully saturated rings. The van der Waals surface area contributed by atoms with Gasteiger partial charge in [-0.05, 0) is 17.7 Å². The Morgan fingerprint density at radius 2 is 2.17 bits per heavy atom. The molecule has 2 heterocycles. The summed E-state index contributed by atoms with van der Waals surface area (Å²) in [5, 5.41) is 5.81. The number of benzene rings is 1. The molecule has 0 unspecified atom stereocenters. The Bertz CT molecular complexity index is 866. The molecule has 2 aromatic heterocycles. The van der Waals surface area contributed by atoms with Gasteiger partial charge in [-0.25, -0.2) is 4.98 Å². The summed E-state index contributed by atoms with van der Waals surface area (Å²) in [7, 11) is 1.59. The van der Waals surface area contributed by atoms with Gasteiger partial charge in [0.15, 0.2) is 11.5 Å². The summed E-state index contributed by atoms with van der Waals surface area (Å²) >= 11 is 5.84. The maximum atomic E-state index is 12.0. The van der Waals surface area contributed by atoms with Crippen molar-refractivity contribution < 1.29 is 9.53 Å². The molecule has 3 rings (SSSR count). The van der Waals surface area contributed by atoms with E-state index < -0.39 is 0 Å². The normalized spacial score (nSPS) is 10.6. The van der Waals surface area contributed by atoms with Crippen molar-refractivity contribution in [2.75, 3.05) is 19.0 Å². The second kappa shape index (κ2) is 7.14. The number of carbonyl (C=O) groups excluding carboxylic acids is 1. The molecule has 0 aliphatic heterocycles. The first-order chi connectivity index (χ1) is 11.7. The van der Waals surface area contributed by atoms with Crippen LogP contribution in [-0.2, 0) is 11.3 Å². The zero-order chi connectivity index (χ0) is 16.9. The fourth-order valence-corrected chi connectivity index (χ4v) is 2.37. The van der Waals surface area contributed by atoms with Crippen LogP contribution >= 0.6 is 11.6 Å². The third kappa shape index (κ3) is 3.54. The number of para-hydroxylation sites is 1. The van der Waals surface area contributed by atoms with E-state index >= 15 is 0 Å². The number of carbonyl (C=O) groups is 1. The molecule has 124 valence electrons. The number of ether oxygens (including phenoxy) is 1. The van der Waals surface area contributed by atoms with Crippen LogP contribution in [0.3, 0.4) is 0 Å². The molecular weight excluding hydrogens is 332 g/mol. The van der Waals surface area contributed by atoms with Gasteiger partial charge in [0.2, 0.25) is 11.2 Å². The van der Waals surface area contributed by atoms with Crippen LogP contribution in [0, 0.1) is 0 Å². The van der Waals surface area contributed by atoms with Crippen LogP contribution < -0.4 is 15.4 Å². The molecule has 0 aliphatic rings. The number of methoxy groups -OCH3 is 1. The molecule has 24 heavy (non-hydrogen) atoms. The van der Waals surface area contributed by atoms with Crippen molar-refractivity contribution in [1.82, 2.24) is 25.3 Å². The van der Waals surface area contributed by atoms with Gasteiger partial charge in [0, 0.05) is 12.1 Å². The molecule has 9 heteroatoms. The number of nitrogens with zero attached hydrogens (tertiary/aromatic N) is 3. The largest absolute Gasteiger partial charge is 0.496 e. The lowest BCUT2D eigenvalue weighted by molar-refractivity contribution is -0.119. The number of amides is 1. The Balaban J connectivity index is 1.60. The summed E-state index contributed by atoms with van der Waals surface area (Å²) in [4.78, 5) is 27.0. The van der Waals surface area contributed by atoms with Crippen LogP contribution in [0.25, 0.3) is 11.2 Å². The van der Waals surface area contributed by atoms with E-state index in [1.165, 1.54) is 6.33 Å². The minimum Gasteiger partial charge on any atom is -0.496 e. The molecule has 0 saturated carbocycles. The first kappa shape index (κ1) is 16.0. The topological polar surface area (TPSA) is 105 Å². The molecule has 8 nitrogen and oxygen atoms in total. The van der Waals surface area contributed by atoms with Gasteiger partial charge in [0.1, 0.15) is 11.3 Å². The number of halogens is 1. The predicted molar refractivity (Wildman–Crippen MR) is 90.0 cm³/mol. The summed E-state index contributed by atoms with van der Waals surface area (Å²) < 4.78 is 5.25. The molecule has 3 aromatic rings. The van der Waals surface area contributed by atoms with Gasteiger partial charge in [-0.15, -0.1) is 0 Å². The highest BCUT2D eigenvalue weighted by Crippen LogP contribution is 2.18. The van der Waals surface area contributed by atoms with E-state index in [-0.39, 0.29) is 17.7 Å². The molecule has 1 amide bonds. The highest BCUT2D eigenvalue weighted by Gasteiger charge is 2.10. The lowest BCUT2D eigenvalue weighted by Gasteiger charge is -2.10. The van der Waals surface area contributed by atoms with Gasteiger partial charge in [-0.2, -0.15) is 9.97 Å². The number of anilines is 1. The van der Waals surface area contributed by atoms with E-state index in [0.29, 0.717) is 23.5 Å². The lowest BCUT2D eigenvalue weighted by atomic mass is 10.2. The molecule has 0 bridgehead atoms. The van der Waals surface area contributed by atoms with Crippen LogP contribution in [-0.4, -0.2) is 39.5 Å². The van der Waals surface area contributed by atoms with Gasteiger partial charge in [0.25, 0.3) is 0 Å². The molecule has 0 radical (unpaired) electrons. The lowest BCUT2D eigenvalue weighted by Crippen LogP contribution is -2.29. The number of aromatic amines is 1. The van der Waals surface area contributed by atoms with Crippen LogP contribution in [0.15, 0.2) is 30.6 Å². The summed E-state index contributed by atoms with van der Waals surface area (Å²) in [6.07, 6.45) is 1.49. The number of rotatable bonds is 6. The van der Waals surface area contributed by atoms with E-state index in [2.05, 4.69) is 30.6 Å². The SMILES string of the molecule is COc1ccccc1CNC(=O)CNc1nc(Cl)nc2nc[nH]c12. The molecule has 0 saturated heterocycles. The van der Waals surface area contributed by atoms with E-state index in [0.717, 1.165) is 11.3 Å². The minimum absolute atomic E-state index is 0.0383. The minimum atomic E-state index is -0.191. The van der Waals surface area contributed by atoms with Crippen molar-refractivity contribution in [2.45, 2.75) is 6.54 Å². The highest BCUT2D eigenvalue weighted by atomic mass is 35.5. The Morgan fingerprint density at radius 1 is 1.33 bits per heavy atom. The van der Waals surface area contributed by atoms with Crippen LogP contribution in [0.1, 0.15) is 5.56 Å². The van der Waals surface area contributed by atoms with Gasteiger partial charge >= 0.3 is 0 Å². The van der Waals surface area contributed by atoms with E-state index in [1.54, 1.807) is 7.11 Å². The summed E-state index contributed by atoms with van der Waals surface area (Å²) in [6, 6.07) is 7.50. The average Bonchev–Trinajstić information content (AvgIpc) is 3.06. The molecule has 1 aromatic carbocycles. The van der Waals surface area contributed by atoms with Gasteiger partial charge in [0.05, 0.1) is 20.0 Å². The fraction of sp³-hybridized carbons (Fsp3) is 0.200. The zero-order valence-electron chi connectivity index (χ0n) is 12.8.